The number of rotatable bonds is 4. The number of ether oxygens (including phenoxy) is 1. The molecule has 0 bridgehead atoms. The van der Waals surface area contributed by atoms with Gasteiger partial charge in [-0.15, -0.1) is 0 Å². The van der Waals surface area contributed by atoms with Gasteiger partial charge in [-0.25, -0.2) is 9.18 Å². The number of nitrogens with zero attached hydrogens (tertiary/aromatic N) is 2. The number of urea groups is 1. The van der Waals surface area contributed by atoms with Crippen molar-refractivity contribution in [2.75, 3.05) is 37.7 Å². The van der Waals surface area contributed by atoms with Gasteiger partial charge in [0, 0.05) is 43.9 Å². The largest absolute Gasteiger partial charge is 0.374 e. The standard InChI is InChI=1S/C21H22FN3O3/c22-17-6-4-15(5-7-17)12-19-14-24(10-11-28-19)20(26)16-2-1-3-18(13-16)25-9-8-23-21(25)27/h1-7,13,19H,8-12,14H2,(H,23,27)/t19-/m0/s1. The molecule has 0 spiro atoms. The number of hydrogen-bond acceptors (Lipinski definition) is 3. The van der Waals surface area contributed by atoms with Gasteiger partial charge in [0.05, 0.1) is 12.7 Å². The highest BCUT2D eigenvalue weighted by atomic mass is 19.1. The lowest BCUT2D eigenvalue weighted by atomic mass is 10.1. The van der Waals surface area contributed by atoms with Gasteiger partial charge in [0.25, 0.3) is 5.91 Å². The monoisotopic (exact) mass is 383 g/mol. The summed E-state index contributed by atoms with van der Waals surface area (Å²) in [6, 6.07) is 13.4. The number of morpholine rings is 1. The van der Waals surface area contributed by atoms with Gasteiger partial charge < -0.3 is 15.0 Å². The fourth-order valence-electron chi connectivity index (χ4n) is 3.62. The lowest BCUT2D eigenvalue weighted by Gasteiger charge is -2.33. The van der Waals surface area contributed by atoms with E-state index in [0.717, 1.165) is 11.3 Å². The Kier molecular flexibility index (Phi) is 5.25. The van der Waals surface area contributed by atoms with Gasteiger partial charge in [-0.05, 0) is 35.9 Å². The second-order valence-electron chi connectivity index (χ2n) is 7.01. The van der Waals surface area contributed by atoms with Crippen molar-refractivity contribution in [3.63, 3.8) is 0 Å². The number of nitrogens with one attached hydrogen (secondary N) is 1. The summed E-state index contributed by atoms with van der Waals surface area (Å²) in [7, 11) is 0. The highest BCUT2D eigenvalue weighted by molar-refractivity contribution is 5.98. The maximum absolute atomic E-state index is 13.1. The van der Waals surface area contributed by atoms with Crippen LogP contribution in [-0.2, 0) is 11.2 Å². The van der Waals surface area contributed by atoms with E-state index >= 15 is 0 Å². The minimum Gasteiger partial charge on any atom is -0.374 e. The van der Waals surface area contributed by atoms with E-state index in [1.54, 1.807) is 40.1 Å². The third-order valence-electron chi connectivity index (χ3n) is 5.06. The molecule has 0 radical (unpaired) electrons. The molecule has 4 rings (SSSR count). The Hall–Kier alpha value is -2.93. The van der Waals surface area contributed by atoms with Crippen LogP contribution in [0, 0.1) is 5.82 Å². The van der Waals surface area contributed by atoms with Crippen LogP contribution in [0.3, 0.4) is 0 Å². The topological polar surface area (TPSA) is 61.9 Å². The smallest absolute Gasteiger partial charge is 0.321 e. The van der Waals surface area contributed by atoms with Crippen LogP contribution >= 0.6 is 0 Å². The fraction of sp³-hybridized carbons (Fsp3) is 0.333. The van der Waals surface area contributed by atoms with Crippen molar-refractivity contribution in [3.8, 4) is 0 Å². The Labute approximate surface area is 162 Å². The quantitative estimate of drug-likeness (QED) is 0.882. The lowest BCUT2D eigenvalue weighted by Crippen LogP contribution is -2.46. The zero-order valence-electron chi connectivity index (χ0n) is 15.4. The maximum Gasteiger partial charge on any atom is 0.321 e. The highest BCUT2D eigenvalue weighted by Crippen LogP contribution is 2.21. The molecule has 2 fully saturated rings. The number of benzene rings is 2. The molecular formula is C21H22FN3O3. The number of halogens is 1. The van der Waals surface area contributed by atoms with Crippen LogP contribution < -0.4 is 10.2 Å². The Balaban J connectivity index is 1.44. The molecule has 2 heterocycles. The van der Waals surface area contributed by atoms with E-state index in [9.17, 15) is 14.0 Å². The number of carbonyl (C=O) groups excluding carboxylic acids is 2. The minimum absolute atomic E-state index is 0.0751. The summed E-state index contributed by atoms with van der Waals surface area (Å²) < 4.78 is 18.9. The van der Waals surface area contributed by atoms with Crippen LogP contribution in [0.2, 0.25) is 0 Å². The van der Waals surface area contributed by atoms with Gasteiger partial charge in [0.1, 0.15) is 5.82 Å². The molecule has 0 aliphatic carbocycles. The van der Waals surface area contributed by atoms with E-state index < -0.39 is 0 Å². The van der Waals surface area contributed by atoms with Crippen LogP contribution in [0.25, 0.3) is 0 Å². The van der Waals surface area contributed by atoms with Crippen LogP contribution in [0.15, 0.2) is 48.5 Å². The molecule has 1 N–H and O–H groups in total. The summed E-state index contributed by atoms with van der Waals surface area (Å²) in [5.41, 5.74) is 2.25. The summed E-state index contributed by atoms with van der Waals surface area (Å²) >= 11 is 0. The molecule has 1 atom stereocenters. The van der Waals surface area contributed by atoms with Crippen LogP contribution in [-0.4, -0.2) is 55.7 Å². The molecule has 2 saturated heterocycles. The fourth-order valence-corrected chi connectivity index (χ4v) is 3.62. The van der Waals surface area contributed by atoms with Crippen molar-refractivity contribution in [1.82, 2.24) is 10.2 Å². The Bertz CT molecular complexity index is 871. The normalized spacial score (nSPS) is 19.6. The third-order valence-corrected chi connectivity index (χ3v) is 5.06. The minimum atomic E-state index is -0.267. The van der Waals surface area contributed by atoms with E-state index in [2.05, 4.69) is 5.32 Å². The maximum atomic E-state index is 13.1. The van der Waals surface area contributed by atoms with Crippen LogP contribution in [0.5, 0.6) is 0 Å². The van der Waals surface area contributed by atoms with E-state index in [1.807, 2.05) is 6.07 Å². The van der Waals surface area contributed by atoms with Crippen molar-refractivity contribution in [1.29, 1.82) is 0 Å². The molecule has 2 aromatic rings. The van der Waals surface area contributed by atoms with Gasteiger partial charge in [-0.2, -0.15) is 0 Å². The van der Waals surface area contributed by atoms with E-state index in [0.29, 0.717) is 44.8 Å². The Morgan fingerprint density at radius 3 is 2.75 bits per heavy atom. The van der Waals surface area contributed by atoms with Crippen molar-refractivity contribution in [2.45, 2.75) is 12.5 Å². The highest BCUT2D eigenvalue weighted by Gasteiger charge is 2.27. The molecule has 0 unspecified atom stereocenters. The Morgan fingerprint density at radius 1 is 1.18 bits per heavy atom. The van der Waals surface area contributed by atoms with Gasteiger partial charge in [0.15, 0.2) is 0 Å². The van der Waals surface area contributed by atoms with E-state index in [-0.39, 0.29) is 23.9 Å². The van der Waals surface area contributed by atoms with Crippen LogP contribution in [0.1, 0.15) is 15.9 Å². The molecular weight excluding hydrogens is 361 g/mol. The van der Waals surface area contributed by atoms with E-state index in [4.69, 9.17) is 4.74 Å². The summed E-state index contributed by atoms with van der Waals surface area (Å²) in [5, 5.41) is 2.76. The van der Waals surface area contributed by atoms with Crippen molar-refractivity contribution in [2.24, 2.45) is 0 Å². The molecule has 0 saturated carbocycles. The predicted octanol–water partition coefficient (Wildman–Crippen LogP) is 2.44. The van der Waals surface area contributed by atoms with Gasteiger partial charge >= 0.3 is 6.03 Å². The number of carbonyl (C=O) groups is 2. The van der Waals surface area contributed by atoms with Crippen molar-refractivity contribution >= 4 is 17.6 Å². The summed E-state index contributed by atoms with van der Waals surface area (Å²) in [6.07, 6.45) is 0.494. The van der Waals surface area contributed by atoms with Gasteiger partial charge in [-0.3, -0.25) is 9.69 Å². The molecule has 146 valence electrons. The zero-order valence-corrected chi connectivity index (χ0v) is 15.4. The molecule has 2 aliphatic rings. The van der Waals surface area contributed by atoms with Crippen molar-refractivity contribution in [3.05, 3.63) is 65.5 Å². The van der Waals surface area contributed by atoms with Crippen LogP contribution in [0.4, 0.5) is 14.9 Å². The first-order valence-corrected chi connectivity index (χ1v) is 9.41. The molecule has 28 heavy (non-hydrogen) atoms. The zero-order chi connectivity index (χ0) is 19.5. The second-order valence-corrected chi connectivity index (χ2v) is 7.01. The number of hydrogen-bond donors (Lipinski definition) is 1. The average Bonchev–Trinajstić information content (AvgIpc) is 3.15. The molecule has 2 aromatic carbocycles. The summed E-state index contributed by atoms with van der Waals surface area (Å²) in [4.78, 5) is 28.3. The summed E-state index contributed by atoms with van der Waals surface area (Å²) in [6.45, 7) is 2.66. The summed E-state index contributed by atoms with van der Waals surface area (Å²) in [5.74, 6) is -0.342. The average molecular weight is 383 g/mol. The van der Waals surface area contributed by atoms with Gasteiger partial charge in [-0.1, -0.05) is 18.2 Å². The number of anilines is 1. The first-order chi connectivity index (χ1) is 13.6. The predicted molar refractivity (Wildman–Crippen MR) is 103 cm³/mol. The van der Waals surface area contributed by atoms with E-state index in [1.165, 1.54) is 12.1 Å². The third kappa shape index (κ3) is 3.99. The second kappa shape index (κ2) is 7.98. The molecule has 0 aromatic heterocycles. The molecule has 2 aliphatic heterocycles. The van der Waals surface area contributed by atoms with Crippen molar-refractivity contribution < 1.29 is 18.7 Å². The Morgan fingerprint density at radius 2 is 2.00 bits per heavy atom. The lowest BCUT2D eigenvalue weighted by molar-refractivity contribution is -0.0208. The van der Waals surface area contributed by atoms with Gasteiger partial charge in [0.2, 0.25) is 0 Å². The number of amides is 3. The first-order valence-electron chi connectivity index (χ1n) is 9.41. The first kappa shape index (κ1) is 18.4. The molecule has 6 nitrogen and oxygen atoms in total. The molecule has 3 amide bonds. The SMILES string of the molecule is O=C(c1cccc(N2CCNC2=O)c1)N1CCO[C@@H](Cc2ccc(F)cc2)C1. The molecule has 7 heteroatoms.